The molecule has 2 aromatic rings. The molecule has 0 aromatic heterocycles. The number of hydrogen-bond donors (Lipinski definition) is 0. The van der Waals surface area contributed by atoms with E-state index in [1.807, 2.05) is 11.0 Å². The van der Waals surface area contributed by atoms with Crippen molar-refractivity contribution in [3.05, 3.63) is 69.6 Å². The van der Waals surface area contributed by atoms with Crippen LogP contribution in [0.25, 0.3) is 6.08 Å². The van der Waals surface area contributed by atoms with Crippen LogP contribution < -0.4 is 4.74 Å². The first-order valence-electron chi connectivity index (χ1n) is 10.5. The third-order valence-electron chi connectivity index (χ3n) is 5.35. The van der Waals surface area contributed by atoms with Crippen LogP contribution in [0.2, 0.25) is 5.02 Å². The fourth-order valence-corrected chi connectivity index (χ4v) is 4.70. The molecule has 2 fully saturated rings. The molecule has 0 N–H and O–H groups in total. The zero-order valence-corrected chi connectivity index (χ0v) is 19.0. The van der Waals surface area contributed by atoms with Gasteiger partial charge in [-0.05, 0) is 72.5 Å². The average molecular weight is 471 g/mol. The maximum atomic E-state index is 12.7. The summed E-state index contributed by atoms with van der Waals surface area (Å²) in [5.74, 6) is 0.260. The highest BCUT2D eigenvalue weighted by atomic mass is 35.5. The molecule has 0 atom stereocenters. The molecule has 166 valence electrons. The Morgan fingerprint density at radius 2 is 1.81 bits per heavy atom. The predicted molar refractivity (Wildman–Crippen MR) is 125 cm³/mol. The fraction of sp³-hybridized carbons (Fsp3) is 0.292. The third kappa shape index (κ3) is 5.53. The Morgan fingerprint density at radius 1 is 1.06 bits per heavy atom. The van der Waals surface area contributed by atoms with Crippen molar-refractivity contribution in [3.8, 4) is 5.75 Å². The standard InChI is InChI=1S/C24H23ClN2O4S/c25-19-6-4-5-18(13-19)15-27-23(29)21(32-24(27)30)14-17-7-9-20(10-8-17)31-16-22(28)26-11-2-1-3-12-26/h4-10,13-14H,1-3,11-12,15-16H2/b21-14-. The van der Waals surface area contributed by atoms with Crippen molar-refractivity contribution in [2.24, 2.45) is 0 Å². The van der Waals surface area contributed by atoms with Crippen LogP contribution in [0.15, 0.2) is 53.4 Å². The van der Waals surface area contributed by atoms with Gasteiger partial charge in [-0.2, -0.15) is 0 Å². The topological polar surface area (TPSA) is 66.9 Å². The summed E-state index contributed by atoms with van der Waals surface area (Å²) >= 11 is 6.91. The van der Waals surface area contributed by atoms with Crippen molar-refractivity contribution in [3.63, 3.8) is 0 Å². The molecule has 2 aliphatic heterocycles. The molecule has 8 heteroatoms. The molecule has 0 aliphatic carbocycles. The molecule has 6 nitrogen and oxygen atoms in total. The number of halogens is 1. The predicted octanol–water partition coefficient (Wildman–Crippen LogP) is 4.97. The lowest BCUT2D eigenvalue weighted by Gasteiger charge is -2.26. The number of carbonyl (C=O) groups excluding carboxylic acids is 3. The molecule has 2 aliphatic rings. The number of rotatable bonds is 6. The highest BCUT2D eigenvalue weighted by Gasteiger charge is 2.35. The second kappa shape index (κ2) is 10.2. The molecule has 2 aromatic carbocycles. The van der Waals surface area contributed by atoms with Crippen LogP contribution >= 0.6 is 23.4 Å². The Hall–Kier alpha value is -2.77. The van der Waals surface area contributed by atoms with Gasteiger partial charge in [-0.3, -0.25) is 19.3 Å². The summed E-state index contributed by atoms with van der Waals surface area (Å²) in [4.78, 5) is 40.7. The minimum Gasteiger partial charge on any atom is -0.484 e. The molecular weight excluding hydrogens is 448 g/mol. The van der Waals surface area contributed by atoms with Crippen molar-refractivity contribution in [1.29, 1.82) is 0 Å². The van der Waals surface area contributed by atoms with Crippen LogP contribution in [-0.4, -0.2) is 46.5 Å². The van der Waals surface area contributed by atoms with E-state index in [0.717, 1.165) is 48.8 Å². The smallest absolute Gasteiger partial charge is 0.293 e. The Labute approximate surface area is 196 Å². The molecule has 3 amide bonds. The van der Waals surface area contributed by atoms with Crippen LogP contribution in [0.5, 0.6) is 5.75 Å². The maximum Gasteiger partial charge on any atom is 0.293 e. The van der Waals surface area contributed by atoms with E-state index in [4.69, 9.17) is 16.3 Å². The number of likely N-dealkylation sites (tertiary alicyclic amines) is 1. The van der Waals surface area contributed by atoms with E-state index in [2.05, 4.69) is 0 Å². The van der Waals surface area contributed by atoms with Crippen LogP contribution in [0.1, 0.15) is 30.4 Å². The Balaban J connectivity index is 1.35. The van der Waals surface area contributed by atoms with Crippen molar-refractivity contribution >= 4 is 46.5 Å². The molecular formula is C24H23ClN2O4S. The minimum absolute atomic E-state index is 0.00199. The average Bonchev–Trinajstić information content (AvgIpc) is 3.06. The molecule has 0 radical (unpaired) electrons. The summed E-state index contributed by atoms with van der Waals surface area (Å²) in [6.07, 6.45) is 4.95. The van der Waals surface area contributed by atoms with Gasteiger partial charge in [0.05, 0.1) is 11.4 Å². The maximum absolute atomic E-state index is 12.7. The minimum atomic E-state index is -0.326. The van der Waals surface area contributed by atoms with E-state index in [9.17, 15) is 14.4 Å². The Kier molecular flexibility index (Phi) is 7.17. The van der Waals surface area contributed by atoms with E-state index >= 15 is 0 Å². The number of ether oxygens (including phenoxy) is 1. The van der Waals surface area contributed by atoms with Crippen molar-refractivity contribution < 1.29 is 19.1 Å². The molecule has 0 spiro atoms. The Morgan fingerprint density at radius 3 is 2.53 bits per heavy atom. The van der Waals surface area contributed by atoms with Gasteiger partial charge in [0.15, 0.2) is 6.61 Å². The van der Waals surface area contributed by atoms with Gasteiger partial charge in [-0.25, -0.2) is 0 Å². The lowest BCUT2D eigenvalue weighted by atomic mass is 10.1. The quantitative estimate of drug-likeness (QED) is 0.558. The molecule has 4 rings (SSSR count). The summed E-state index contributed by atoms with van der Waals surface area (Å²) in [5.41, 5.74) is 1.56. The van der Waals surface area contributed by atoms with Gasteiger partial charge in [-0.1, -0.05) is 35.9 Å². The molecule has 2 heterocycles. The van der Waals surface area contributed by atoms with Gasteiger partial charge in [0, 0.05) is 18.1 Å². The number of hydrogen-bond acceptors (Lipinski definition) is 5. The molecule has 0 saturated carbocycles. The van der Waals surface area contributed by atoms with E-state index in [-0.39, 0.29) is 30.2 Å². The summed E-state index contributed by atoms with van der Waals surface area (Å²) in [6, 6.07) is 14.2. The monoisotopic (exact) mass is 470 g/mol. The molecule has 0 unspecified atom stereocenters. The Bertz CT molecular complexity index is 1050. The summed E-state index contributed by atoms with van der Waals surface area (Å²) < 4.78 is 5.62. The SMILES string of the molecule is O=C(COc1ccc(/C=C2\SC(=O)N(Cc3cccc(Cl)c3)C2=O)cc1)N1CCCCC1. The first-order chi connectivity index (χ1) is 15.5. The van der Waals surface area contributed by atoms with Gasteiger partial charge < -0.3 is 9.64 Å². The highest BCUT2D eigenvalue weighted by molar-refractivity contribution is 8.18. The van der Waals surface area contributed by atoms with Gasteiger partial charge in [-0.15, -0.1) is 0 Å². The van der Waals surface area contributed by atoms with E-state index in [1.54, 1.807) is 48.5 Å². The van der Waals surface area contributed by atoms with Crippen LogP contribution in [-0.2, 0) is 16.1 Å². The van der Waals surface area contributed by atoms with E-state index in [0.29, 0.717) is 15.7 Å². The highest BCUT2D eigenvalue weighted by Crippen LogP contribution is 2.33. The lowest BCUT2D eigenvalue weighted by Crippen LogP contribution is -2.38. The first-order valence-corrected chi connectivity index (χ1v) is 11.7. The third-order valence-corrected chi connectivity index (χ3v) is 6.49. The van der Waals surface area contributed by atoms with Gasteiger partial charge in [0.2, 0.25) is 0 Å². The number of thioether (sulfide) groups is 1. The van der Waals surface area contributed by atoms with Crippen molar-refractivity contribution in [2.75, 3.05) is 19.7 Å². The van der Waals surface area contributed by atoms with Crippen LogP contribution in [0, 0.1) is 0 Å². The summed E-state index contributed by atoms with van der Waals surface area (Å²) in [5, 5.41) is 0.252. The molecule has 2 saturated heterocycles. The van der Waals surface area contributed by atoms with Gasteiger partial charge >= 0.3 is 0 Å². The largest absolute Gasteiger partial charge is 0.484 e. The zero-order chi connectivity index (χ0) is 22.5. The number of piperidine rings is 1. The van der Waals surface area contributed by atoms with Gasteiger partial charge in [0.25, 0.3) is 17.1 Å². The normalized spacial score (nSPS) is 17.8. The van der Waals surface area contributed by atoms with Crippen molar-refractivity contribution in [1.82, 2.24) is 9.80 Å². The number of benzene rings is 2. The number of nitrogens with zero attached hydrogens (tertiary/aromatic N) is 2. The van der Waals surface area contributed by atoms with E-state index in [1.165, 1.54) is 11.3 Å². The number of imide groups is 1. The van der Waals surface area contributed by atoms with Crippen LogP contribution in [0.4, 0.5) is 4.79 Å². The second-order valence-electron chi connectivity index (χ2n) is 7.70. The number of carbonyl (C=O) groups is 3. The fourth-order valence-electron chi connectivity index (χ4n) is 3.65. The van der Waals surface area contributed by atoms with Crippen molar-refractivity contribution in [2.45, 2.75) is 25.8 Å². The zero-order valence-electron chi connectivity index (χ0n) is 17.5. The first kappa shape index (κ1) is 22.4. The lowest BCUT2D eigenvalue weighted by molar-refractivity contribution is -0.134. The molecule has 32 heavy (non-hydrogen) atoms. The summed E-state index contributed by atoms with van der Waals surface area (Å²) in [7, 11) is 0. The van der Waals surface area contributed by atoms with Gasteiger partial charge in [0.1, 0.15) is 5.75 Å². The van der Waals surface area contributed by atoms with Crippen LogP contribution in [0.3, 0.4) is 0 Å². The number of amides is 3. The molecule has 0 bridgehead atoms. The summed E-state index contributed by atoms with van der Waals surface area (Å²) in [6.45, 7) is 1.79. The second-order valence-corrected chi connectivity index (χ2v) is 9.13. The van der Waals surface area contributed by atoms with E-state index < -0.39 is 0 Å².